The van der Waals surface area contributed by atoms with Crippen LogP contribution < -0.4 is 14.8 Å². The van der Waals surface area contributed by atoms with Gasteiger partial charge >= 0.3 is 6.03 Å². The van der Waals surface area contributed by atoms with E-state index in [9.17, 15) is 14.7 Å². The number of urea groups is 1. The molecular formula is C23H29BrN4O5. The van der Waals surface area contributed by atoms with Crippen LogP contribution in [0.2, 0.25) is 0 Å². The standard InChI is InChI=1S/C23H29BrN4O5/c1-14-11-28(15(2)13-29)22(30)19-9-16(24)10-25-21(19)33-20(14)12-27(3)23(31)26-17-5-7-18(32-4)8-6-17/h5-10,14-15,20,29H,11-13H2,1-4H3,(H,26,31)/t14-,15+,20+/m0/s1. The van der Waals surface area contributed by atoms with Crippen molar-refractivity contribution in [3.05, 3.63) is 46.6 Å². The molecule has 3 rings (SSSR count). The fourth-order valence-electron chi connectivity index (χ4n) is 3.54. The summed E-state index contributed by atoms with van der Waals surface area (Å²) in [7, 11) is 3.27. The highest BCUT2D eigenvalue weighted by Crippen LogP contribution is 2.28. The van der Waals surface area contributed by atoms with Crippen LogP contribution >= 0.6 is 15.9 Å². The third kappa shape index (κ3) is 5.94. The number of aromatic nitrogens is 1. The second-order valence-corrected chi connectivity index (χ2v) is 9.08. The number of hydrogen-bond donors (Lipinski definition) is 2. The molecular weight excluding hydrogens is 492 g/mol. The zero-order valence-electron chi connectivity index (χ0n) is 19.1. The average molecular weight is 521 g/mol. The molecule has 2 N–H and O–H groups in total. The van der Waals surface area contributed by atoms with Crippen molar-refractivity contribution in [2.45, 2.75) is 26.0 Å². The van der Waals surface area contributed by atoms with Crippen molar-refractivity contribution in [1.82, 2.24) is 14.8 Å². The van der Waals surface area contributed by atoms with Crippen LogP contribution in [0.25, 0.3) is 0 Å². The molecule has 1 aliphatic rings. The van der Waals surface area contributed by atoms with Gasteiger partial charge in [-0.15, -0.1) is 0 Å². The number of hydrogen-bond acceptors (Lipinski definition) is 6. The number of benzene rings is 1. The van der Waals surface area contributed by atoms with Crippen LogP contribution in [-0.4, -0.2) is 77.8 Å². The molecule has 33 heavy (non-hydrogen) atoms. The normalized spacial score (nSPS) is 19.0. The maximum atomic E-state index is 13.2. The lowest BCUT2D eigenvalue weighted by molar-refractivity contribution is 0.0356. The van der Waals surface area contributed by atoms with Crippen molar-refractivity contribution < 1.29 is 24.2 Å². The van der Waals surface area contributed by atoms with Gasteiger partial charge < -0.3 is 29.7 Å². The number of likely N-dealkylation sites (N-methyl/N-ethyl adjacent to an activating group) is 1. The summed E-state index contributed by atoms with van der Waals surface area (Å²) in [6.07, 6.45) is 1.14. The number of carbonyl (C=O) groups is 2. The summed E-state index contributed by atoms with van der Waals surface area (Å²) in [5.74, 6) is 0.528. The summed E-state index contributed by atoms with van der Waals surface area (Å²) in [5.41, 5.74) is 0.955. The molecule has 0 bridgehead atoms. The summed E-state index contributed by atoms with van der Waals surface area (Å²) >= 11 is 3.36. The Labute approximate surface area is 201 Å². The molecule has 178 valence electrons. The number of halogens is 1. The molecule has 0 aliphatic carbocycles. The first-order valence-electron chi connectivity index (χ1n) is 10.6. The van der Waals surface area contributed by atoms with Crippen LogP contribution in [-0.2, 0) is 0 Å². The number of carbonyl (C=O) groups excluding carboxylic acids is 2. The molecule has 0 spiro atoms. The number of pyridine rings is 1. The van der Waals surface area contributed by atoms with Gasteiger partial charge in [-0.2, -0.15) is 0 Å². The van der Waals surface area contributed by atoms with E-state index in [2.05, 4.69) is 26.2 Å². The van der Waals surface area contributed by atoms with Crippen molar-refractivity contribution in [3.8, 4) is 11.6 Å². The van der Waals surface area contributed by atoms with Gasteiger partial charge in [0.25, 0.3) is 5.91 Å². The molecule has 3 atom stereocenters. The first-order chi connectivity index (χ1) is 15.7. The predicted molar refractivity (Wildman–Crippen MR) is 128 cm³/mol. The van der Waals surface area contributed by atoms with Gasteiger partial charge in [0.1, 0.15) is 17.4 Å². The summed E-state index contributed by atoms with van der Waals surface area (Å²) in [6, 6.07) is 8.05. The van der Waals surface area contributed by atoms with Crippen molar-refractivity contribution in [2.24, 2.45) is 5.92 Å². The molecule has 1 aliphatic heterocycles. The Morgan fingerprint density at radius 2 is 2.12 bits per heavy atom. The van der Waals surface area contributed by atoms with Crippen molar-refractivity contribution in [1.29, 1.82) is 0 Å². The highest BCUT2D eigenvalue weighted by molar-refractivity contribution is 9.10. The zero-order chi connectivity index (χ0) is 24.1. The van der Waals surface area contributed by atoms with Crippen molar-refractivity contribution >= 4 is 33.6 Å². The van der Waals surface area contributed by atoms with E-state index >= 15 is 0 Å². The Bertz CT molecular complexity index is 987. The molecule has 0 fully saturated rings. The SMILES string of the molecule is COc1ccc(NC(=O)N(C)C[C@H]2Oc3ncc(Br)cc3C(=O)N([C@H](C)CO)C[C@@H]2C)cc1. The molecule has 9 nitrogen and oxygen atoms in total. The number of amides is 3. The van der Waals surface area contributed by atoms with E-state index in [-0.39, 0.29) is 42.9 Å². The van der Waals surface area contributed by atoms with Crippen LogP contribution in [0, 0.1) is 5.92 Å². The predicted octanol–water partition coefficient (Wildman–Crippen LogP) is 3.24. The van der Waals surface area contributed by atoms with Crippen molar-refractivity contribution in [3.63, 3.8) is 0 Å². The van der Waals surface area contributed by atoms with Crippen molar-refractivity contribution in [2.75, 3.05) is 39.2 Å². The van der Waals surface area contributed by atoms with Gasteiger partial charge in [-0.25, -0.2) is 9.78 Å². The van der Waals surface area contributed by atoms with E-state index in [1.165, 1.54) is 4.90 Å². The Hall–Kier alpha value is -2.85. The minimum Gasteiger partial charge on any atom is -0.497 e. The van der Waals surface area contributed by atoms with E-state index in [4.69, 9.17) is 9.47 Å². The van der Waals surface area contributed by atoms with Crippen LogP contribution in [0.4, 0.5) is 10.5 Å². The molecule has 0 saturated heterocycles. The van der Waals surface area contributed by atoms with Gasteiger partial charge in [0.15, 0.2) is 0 Å². The Morgan fingerprint density at radius 3 is 2.76 bits per heavy atom. The highest BCUT2D eigenvalue weighted by Gasteiger charge is 2.34. The molecule has 0 saturated carbocycles. The van der Waals surface area contributed by atoms with Gasteiger partial charge in [-0.3, -0.25) is 4.79 Å². The first kappa shape index (κ1) is 24.8. The minimum absolute atomic E-state index is 0.127. The fraction of sp³-hybridized carbons (Fsp3) is 0.435. The van der Waals surface area contributed by atoms with E-state index in [1.54, 1.807) is 62.5 Å². The Morgan fingerprint density at radius 1 is 1.42 bits per heavy atom. The quantitative estimate of drug-likeness (QED) is 0.605. The van der Waals surface area contributed by atoms with E-state index in [0.717, 1.165) is 0 Å². The lowest BCUT2D eigenvalue weighted by Crippen LogP contribution is -2.50. The molecule has 0 unspecified atom stereocenters. The number of methoxy groups -OCH3 is 1. The molecule has 1 aromatic carbocycles. The minimum atomic E-state index is -0.425. The van der Waals surface area contributed by atoms with E-state index in [0.29, 0.717) is 28.0 Å². The van der Waals surface area contributed by atoms with Gasteiger partial charge in [-0.05, 0) is 53.2 Å². The summed E-state index contributed by atoms with van der Waals surface area (Å²) in [4.78, 5) is 33.4. The number of ether oxygens (including phenoxy) is 2. The first-order valence-corrected chi connectivity index (χ1v) is 11.4. The number of fused-ring (bicyclic) bond motifs is 1. The van der Waals surface area contributed by atoms with Gasteiger partial charge in [0.05, 0.1) is 26.3 Å². The molecule has 0 radical (unpaired) electrons. The number of rotatable bonds is 6. The second kappa shape index (κ2) is 10.8. The monoisotopic (exact) mass is 520 g/mol. The molecule has 10 heteroatoms. The number of aliphatic hydroxyl groups excluding tert-OH is 1. The lowest BCUT2D eigenvalue weighted by atomic mass is 10.0. The molecule has 1 aromatic heterocycles. The van der Waals surface area contributed by atoms with Gasteiger partial charge in [0.2, 0.25) is 5.88 Å². The third-order valence-corrected chi connectivity index (χ3v) is 6.06. The number of nitrogens with zero attached hydrogens (tertiary/aromatic N) is 3. The van der Waals surface area contributed by atoms with Crippen LogP contribution in [0.3, 0.4) is 0 Å². The zero-order valence-corrected chi connectivity index (χ0v) is 20.7. The maximum Gasteiger partial charge on any atom is 0.321 e. The molecule has 3 amide bonds. The maximum absolute atomic E-state index is 13.2. The summed E-state index contributed by atoms with van der Waals surface area (Å²) in [6.45, 7) is 4.22. The topological polar surface area (TPSA) is 104 Å². The van der Waals surface area contributed by atoms with Gasteiger partial charge in [0, 0.05) is 35.9 Å². The average Bonchev–Trinajstić information content (AvgIpc) is 2.81. The number of nitrogens with one attached hydrogen (secondary N) is 1. The summed E-state index contributed by atoms with van der Waals surface area (Å²) in [5, 5.41) is 12.5. The van der Waals surface area contributed by atoms with Crippen LogP contribution in [0.1, 0.15) is 24.2 Å². The molecule has 2 heterocycles. The lowest BCUT2D eigenvalue weighted by Gasteiger charge is -2.37. The second-order valence-electron chi connectivity index (χ2n) is 8.17. The van der Waals surface area contributed by atoms with Crippen LogP contribution in [0.15, 0.2) is 41.0 Å². The number of aliphatic hydroxyl groups is 1. The smallest absolute Gasteiger partial charge is 0.321 e. The molecule has 2 aromatic rings. The van der Waals surface area contributed by atoms with Crippen LogP contribution in [0.5, 0.6) is 11.6 Å². The third-order valence-electron chi connectivity index (χ3n) is 5.63. The fourth-order valence-corrected chi connectivity index (χ4v) is 3.87. The van der Waals surface area contributed by atoms with E-state index in [1.807, 2.05) is 6.92 Å². The van der Waals surface area contributed by atoms with Gasteiger partial charge in [-0.1, -0.05) is 6.92 Å². The Kier molecular flexibility index (Phi) is 8.15. The van der Waals surface area contributed by atoms with E-state index < -0.39 is 6.10 Å². The largest absolute Gasteiger partial charge is 0.497 e. The summed E-state index contributed by atoms with van der Waals surface area (Å²) < 4.78 is 11.9. The highest BCUT2D eigenvalue weighted by atomic mass is 79.9. The number of anilines is 1. The Balaban J connectivity index is 1.79.